The Hall–Kier alpha value is -2.83. The maximum absolute atomic E-state index is 12.6. The summed E-state index contributed by atoms with van der Waals surface area (Å²) in [5.41, 5.74) is 12.8. The highest BCUT2D eigenvalue weighted by atomic mass is 16.6. The van der Waals surface area contributed by atoms with E-state index in [2.05, 4.69) is 0 Å². The molecule has 0 radical (unpaired) electrons. The average Bonchev–Trinajstić information content (AvgIpc) is 2.73. The van der Waals surface area contributed by atoms with Gasteiger partial charge in [-0.3, -0.25) is 9.59 Å². The molecule has 0 saturated carbocycles. The van der Waals surface area contributed by atoms with Gasteiger partial charge in [0.05, 0.1) is 5.92 Å². The Bertz CT molecular complexity index is 820. The lowest BCUT2D eigenvalue weighted by Crippen LogP contribution is -2.34. The van der Waals surface area contributed by atoms with Crippen molar-refractivity contribution in [2.45, 2.75) is 38.1 Å². The van der Waals surface area contributed by atoms with Crippen molar-refractivity contribution < 1.29 is 19.1 Å². The fraction of sp³-hybridized carbons (Fsp3) is 0.318. The molecule has 0 unspecified atom stereocenters. The molecule has 28 heavy (non-hydrogen) atoms. The molecule has 2 aromatic rings. The fourth-order valence-electron chi connectivity index (χ4n) is 2.73. The number of rotatable bonds is 9. The van der Waals surface area contributed by atoms with Gasteiger partial charge >= 0.3 is 11.9 Å². The van der Waals surface area contributed by atoms with Gasteiger partial charge in [0, 0.05) is 11.1 Å². The molecule has 0 amide bonds. The van der Waals surface area contributed by atoms with Crippen LogP contribution in [0.4, 0.5) is 0 Å². The van der Waals surface area contributed by atoms with E-state index < -0.39 is 23.9 Å². The van der Waals surface area contributed by atoms with E-state index in [0.717, 1.165) is 6.42 Å². The van der Waals surface area contributed by atoms with Gasteiger partial charge in [-0.1, -0.05) is 55.0 Å². The molecule has 2 aromatic carbocycles. The third-order valence-electron chi connectivity index (χ3n) is 4.51. The summed E-state index contributed by atoms with van der Waals surface area (Å²) in [7, 11) is 0. The smallest absolute Gasteiger partial charge is 0.330 e. The zero-order valence-electron chi connectivity index (χ0n) is 16.0. The molecule has 0 fully saturated rings. The Morgan fingerprint density at radius 2 is 1.61 bits per heavy atom. The second-order valence-electron chi connectivity index (χ2n) is 6.67. The van der Waals surface area contributed by atoms with Gasteiger partial charge in [-0.15, -0.1) is 0 Å². The Morgan fingerprint density at radius 3 is 2.29 bits per heavy atom. The van der Waals surface area contributed by atoms with Crippen LogP contribution < -0.4 is 11.5 Å². The van der Waals surface area contributed by atoms with Gasteiger partial charge < -0.3 is 16.2 Å². The van der Waals surface area contributed by atoms with Crippen LogP contribution in [0.15, 0.2) is 54.6 Å². The SMILES string of the molecule is C[C@@H](C(=O)OC(=O)[C@@H](N)CCCCN)c1cccc(C(=O)c2ccccc2)c1. The van der Waals surface area contributed by atoms with E-state index in [1.807, 2.05) is 6.07 Å². The molecule has 2 rings (SSSR count). The normalized spacial score (nSPS) is 12.8. The lowest BCUT2D eigenvalue weighted by atomic mass is 9.96. The van der Waals surface area contributed by atoms with Crippen molar-refractivity contribution in [3.8, 4) is 0 Å². The van der Waals surface area contributed by atoms with Gasteiger partial charge in [0.1, 0.15) is 6.04 Å². The molecule has 6 nitrogen and oxygen atoms in total. The highest BCUT2D eigenvalue weighted by Gasteiger charge is 2.24. The Kier molecular flexibility index (Phi) is 8.04. The van der Waals surface area contributed by atoms with Gasteiger partial charge in [-0.25, -0.2) is 4.79 Å². The van der Waals surface area contributed by atoms with Crippen LogP contribution in [0.2, 0.25) is 0 Å². The highest BCUT2D eigenvalue weighted by Crippen LogP contribution is 2.20. The van der Waals surface area contributed by atoms with E-state index in [0.29, 0.717) is 36.1 Å². The van der Waals surface area contributed by atoms with E-state index >= 15 is 0 Å². The van der Waals surface area contributed by atoms with Crippen molar-refractivity contribution in [3.63, 3.8) is 0 Å². The van der Waals surface area contributed by atoms with Crippen molar-refractivity contribution in [2.75, 3.05) is 6.54 Å². The summed E-state index contributed by atoms with van der Waals surface area (Å²) in [6.07, 6.45) is 1.87. The van der Waals surface area contributed by atoms with Crippen LogP contribution in [0.25, 0.3) is 0 Å². The van der Waals surface area contributed by atoms with Gasteiger partial charge in [-0.05, 0) is 37.9 Å². The Morgan fingerprint density at radius 1 is 0.929 bits per heavy atom. The molecule has 0 spiro atoms. The third kappa shape index (κ3) is 5.84. The van der Waals surface area contributed by atoms with Crippen molar-refractivity contribution >= 4 is 17.7 Å². The first-order valence-corrected chi connectivity index (χ1v) is 9.35. The number of ether oxygens (including phenoxy) is 1. The van der Waals surface area contributed by atoms with E-state index in [1.54, 1.807) is 55.5 Å². The summed E-state index contributed by atoms with van der Waals surface area (Å²) in [6, 6.07) is 14.8. The summed E-state index contributed by atoms with van der Waals surface area (Å²) in [6.45, 7) is 2.15. The number of carbonyl (C=O) groups excluding carboxylic acids is 3. The van der Waals surface area contributed by atoms with Crippen LogP contribution in [-0.4, -0.2) is 30.3 Å². The van der Waals surface area contributed by atoms with Crippen LogP contribution in [0.1, 0.15) is 53.6 Å². The minimum atomic E-state index is -0.853. The first-order chi connectivity index (χ1) is 13.4. The van der Waals surface area contributed by atoms with E-state index in [4.69, 9.17) is 16.2 Å². The second kappa shape index (κ2) is 10.5. The third-order valence-corrected chi connectivity index (χ3v) is 4.51. The molecule has 0 heterocycles. The molecular formula is C22H26N2O4. The van der Waals surface area contributed by atoms with E-state index in [9.17, 15) is 14.4 Å². The molecule has 4 N–H and O–H groups in total. The zero-order valence-corrected chi connectivity index (χ0v) is 16.0. The lowest BCUT2D eigenvalue weighted by molar-refractivity contribution is -0.161. The lowest BCUT2D eigenvalue weighted by Gasteiger charge is -2.14. The number of hydrogen-bond acceptors (Lipinski definition) is 6. The molecule has 148 valence electrons. The van der Waals surface area contributed by atoms with Gasteiger partial charge in [0.2, 0.25) is 0 Å². The van der Waals surface area contributed by atoms with Crippen molar-refractivity contribution in [3.05, 3.63) is 71.3 Å². The quantitative estimate of drug-likeness (QED) is 0.298. The number of hydrogen-bond donors (Lipinski definition) is 2. The first-order valence-electron chi connectivity index (χ1n) is 9.35. The number of ketones is 1. The molecule has 0 bridgehead atoms. The van der Waals surface area contributed by atoms with Crippen molar-refractivity contribution in [2.24, 2.45) is 11.5 Å². The number of esters is 2. The van der Waals surface area contributed by atoms with Crippen LogP contribution in [-0.2, 0) is 14.3 Å². The molecular weight excluding hydrogens is 356 g/mol. The molecule has 6 heteroatoms. The Labute approximate surface area is 164 Å². The van der Waals surface area contributed by atoms with Crippen LogP contribution >= 0.6 is 0 Å². The predicted molar refractivity (Wildman–Crippen MR) is 107 cm³/mol. The summed E-state index contributed by atoms with van der Waals surface area (Å²) in [5, 5.41) is 0. The summed E-state index contributed by atoms with van der Waals surface area (Å²) in [5.74, 6) is -2.28. The molecule has 0 aliphatic rings. The number of unbranched alkanes of at least 4 members (excludes halogenated alkanes) is 1. The van der Waals surface area contributed by atoms with Crippen LogP contribution in [0.3, 0.4) is 0 Å². The maximum Gasteiger partial charge on any atom is 0.330 e. The number of nitrogens with two attached hydrogens (primary N) is 2. The number of benzene rings is 2. The summed E-state index contributed by atoms with van der Waals surface area (Å²) < 4.78 is 4.93. The molecule has 0 aromatic heterocycles. The van der Waals surface area contributed by atoms with Crippen LogP contribution in [0, 0.1) is 0 Å². The standard InChI is InChI=1S/C22H26N2O4/c1-15(21(26)28-22(27)19(24)12-5-6-13-23)17-10-7-11-18(14-17)20(25)16-8-3-2-4-9-16/h2-4,7-11,14-15,19H,5-6,12-13,23-24H2,1H3/t15-,19+/m1/s1. The molecule has 0 aliphatic heterocycles. The summed E-state index contributed by atoms with van der Waals surface area (Å²) in [4.78, 5) is 36.9. The Balaban J connectivity index is 2.03. The summed E-state index contributed by atoms with van der Waals surface area (Å²) >= 11 is 0. The van der Waals surface area contributed by atoms with Crippen molar-refractivity contribution in [1.29, 1.82) is 0 Å². The first kappa shape index (κ1) is 21.5. The molecule has 0 aliphatic carbocycles. The maximum atomic E-state index is 12.6. The van der Waals surface area contributed by atoms with Gasteiger partial charge in [0.15, 0.2) is 5.78 Å². The van der Waals surface area contributed by atoms with Crippen molar-refractivity contribution in [1.82, 2.24) is 0 Å². The minimum absolute atomic E-state index is 0.138. The second-order valence-corrected chi connectivity index (χ2v) is 6.67. The number of carbonyl (C=O) groups is 3. The largest absolute Gasteiger partial charge is 0.392 e. The molecule has 0 saturated heterocycles. The fourth-order valence-corrected chi connectivity index (χ4v) is 2.73. The highest BCUT2D eigenvalue weighted by molar-refractivity contribution is 6.09. The predicted octanol–water partition coefficient (Wildman–Crippen LogP) is 2.55. The molecule has 2 atom stereocenters. The van der Waals surface area contributed by atoms with Gasteiger partial charge in [0.25, 0.3) is 0 Å². The topological polar surface area (TPSA) is 112 Å². The van der Waals surface area contributed by atoms with Gasteiger partial charge in [-0.2, -0.15) is 0 Å². The monoisotopic (exact) mass is 382 g/mol. The van der Waals surface area contributed by atoms with Crippen LogP contribution in [0.5, 0.6) is 0 Å². The van der Waals surface area contributed by atoms with E-state index in [1.165, 1.54) is 0 Å². The zero-order chi connectivity index (χ0) is 20.5. The average molecular weight is 382 g/mol. The van der Waals surface area contributed by atoms with E-state index in [-0.39, 0.29) is 5.78 Å². The minimum Gasteiger partial charge on any atom is -0.392 e.